The third-order valence-electron chi connectivity index (χ3n) is 20.9. The van der Waals surface area contributed by atoms with Gasteiger partial charge in [-0.15, -0.1) is 12.4 Å². The van der Waals surface area contributed by atoms with Gasteiger partial charge in [-0.2, -0.15) is 0 Å². The van der Waals surface area contributed by atoms with Crippen molar-refractivity contribution in [3.8, 4) is 0 Å². The highest BCUT2D eigenvalue weighted by Crippen LogP contribution is 2.66. The SMILES string of the molecule is CC(C)(C)[C@@H](CN1CCCOC1=O)N=C=O.CC(C)(C)[C@H](N)C(=O)N1C[C@H]2[C@@H]([C@H]1C(=O)NC(CC1CCC1)C(=O)C(N)=O)C2(C)C.CC(C)(C)[C@H](NC(=O)N[C@H](CN1CCCOC1=O)C(C)(C)C)C(=O)N1C[C@H]2[C@@H]([C@H]1C(=O)NC(CC1CCC1)C(=O)C(N)=O)C2(C)C.Cl. The number of primary amides is 2. The lowest BCUT2D eigenvalue weighted by Crippen LogP contribution is -2.63. The zero-order chi connectivity index (χ0) is 69.1. The Kier molecular flexibility index (Phi) is 25.0. The number of ketones is 2. The Labute approximate surface area is 555 Å². The van der Waals surface area contributed by atoms with E-state index >= 15 is 0 Å². The van der Waals surface area contributed by atoms with Gasteiger partial charge in [0.25, 0.3) is 11.8 Å². The maximum absolute atomic E-state index is 14.3. The van der Waals surface area contributed by atoms with E-state index in [2.05, 4.69) is 54.0 Å². The molecule has 26 nitrogen and oxygen atoms in total. The molecule has 10 amide bonds. The second-order valence-corrected chi connectivity index (χ2v) is 32.5. The molecular weight excluding hydrogens is 1220 g/mol. The number of amides is 10. The molecule has 0 spiro atoms. The first-order valence-corrected chi connectivity index (χ1v) is 33.1. The van der Waals surface area contributed by atoms with Crippen LogP contribution < -0.4 is 38.5 Å². The Bertz CT molecular complexity index is 2850. The van der Waals surface area contributed by atoms with Crippen LogP contribution in [0.4, 0.5) is 14.4 Å². The lowest BCUT2D eigenvalue weighted by atomic mass is 9.80. The molecule has 8 rings (SSSR count). The number of aliphatic imine (C=N–C) groups is 1. The zero-order valence-corrected chi connectivity index (χ0v) is 58.7. The molecule has 4 heterocycles. The Morgan fingerprint density at radius 3 is 1.32 bits per heavy atom. The number of nitrogens with zero attached hydrogens (tertiary/aromatic N) is 5. The number of halogens is 1. The van der Waals surface area contributed by atoms with Crippen LogP contribution in [0.15, 0.2) is 4.99 Å². The van der Waals surface area contributed by atoms with Gasteiger partial charge >= 0.3 is 18.2 Å². The Morgan fingerprint density at radius 1 is 0.581 bits per heavy atom. The molecule has 12 atom stereocenters. The summed E-state index contributed by atoms with van der Waals surface area (Å²) in [5, 5.41) is 11.4. The summed E-state index contributed by atoms with van der Waals surface area (Å²) in [5.74, 6) is -4.54. The van der Waals surface area contributed by atoms with Gasteiger partial charge in [0.15, 0.2) is 0 Å². The number of fused-ring (bicyclic) bond motifs is 2. The van der Waals surface area contributed by atoms with E-state index in [9.17, 15) is 57.5 Å². The number of hydrogen-bond acceptors (Lipinski definition) is 16. The Balaban J connectivity index is 0.000000284. The van der Waals surface area contributed by atoms with E-state index in [1.165, 1.54) is 4.90 Å². The predicted molar refractivity (Wildman–Crippen MR) is 348 cm³/mol. The quantitative estimate of drug-likeness (QED) is 0.0463. The molecule has 0 aromatic carbocycles. The number of carbonyl (C=O) groups is 11. The summed E-state index contributed by atoms with van der Waals surface area (Å²) in [6, 6.07) is -6.48. The van der Waals surface area contributed by atoms with Crippen LogP contribution in [0.5, 0.6) is 0 Å². The number of cyclic esters (lactones) is 2. The fraction of sp³-hybridized carbons (Fsp3) is 0.818. The average Bonchev–Trinajstić information content (AvgIpc) is 1.53. The van der Waals surface area contributed by atoms with E-state index in [1.54, 1.807) is 20.8 Å². The molecule has 10 N–H and O–H groups in total. The maximum atomic E-state index is 14.3. The third-order valence-corrected chi connectivity index (χ3v) is 20.9. The van der Waals surface area contributed by atoms with E-state index in [4.69, 9.17) is 26.7 Å². The van der Waals surface area contributed by atoms with Crippen LogP contribution in [0.2, 0.25) is 0 Å². The second kappa shape index (κ2) is 30.1. The minimum absolute atomic E-state index is 0. The van der Waals surface area contributed by atoms with Crippen LogP contribution in [0.25, 0.3) is 0 Å². The van der Waals surface area contributed by atoms with Crippen molar-refractivity contribution in [2.24, 2.45) is 90.2 Å². The van der Waals surface area contributed by atoms with E-state index in [0.29, 0.717) is 71.1 Å². The number of nitrogens with two attached hydrogens (primary N) is 3. The lowest BCUT2D eigenvalue weighted by molar-refractivity contribution is -0.145. The fourth-order valence-electron chi connectivity index (χ4n) is 13.8. The van der Waals surface area contributed by atoms with E-state index < -0.39 is 106 Å². The smallest absolute Gasteiger partial charge is 0.409 e. The van der Waals surface area contributed by atoms with E-state index in [0.717, 1.165) is 44.9 Å². The molecule has 0 radical (unpaired) electrons. The van der Waals surface area contributed by atoms with Crippen molar-refractivity contribution in [3.63, 3.8) is 0 Å². The summed E-state index contributed by atoms with van der Waals surface area (Å²) < 4.78 is 10.1. The molecule has 4 saturated carbocycles. The number of piperidine rings is 2. The summed E-state index contributed by atoms with van der Waals surface area (Å²) >= 11 is 0. The average molecular weight is 1330 g/mol. The standard InChI is InChI=1S/C33H54N6O7.C22H36N4O4.C11H18N2O3.ClH/c1-31(2,3)21(17-38-13-10-14-46-30(38)45)36-29(44)37-25(32(4,5)6)28(43)39-16-19-22(33(19,7)8)23(39)27(42)35-20(24(40)26(34)41)15-18-11-9-12-18;1-21(2,3)17(23)20(30)26-10-12-14(22(12,4)5)15(26)19(29)25-13(16(27)18(24)28)9-11-7-6-8-11;1-11(2,3)9(12-8-14)7-13-5-4-6-16-10(13)15;/h18-23,25H,9-17H2,1-8H3,(H2,34,41)(H,35,42)(H2,36,37,44);11-15,17H,6-10,23H2,1-5H3,(H2,24,28)(H,25,29);9H,4-7H2,1-3H3;1H/t19-,20?,21+,22-,23-,25+;12-,13?,14-,15-,17+;9-;/m001./s1. The van der Waals surface area contributed by atoms with Gasteiger partial charge < -0.3 is 67.5 Å². The minimum Gasteiger partial charge on any atom is -0.449 e. The zero-order valence-electron chi connectivity index (χ0n) is 57.9. The highest BCUT2D eigenvalue weighted by molar-refractivity contribution is 6.38. The summed E-state index contributed by atoms with van der Waals surface area (Å²) in [5.41, 5.74) is 14.8. The van der Waals surface area contributed by atoms with Crippen LogP contribution in [-0.4, -0.2) is 192 Å². The third kappa shape index (κ3) is 18.8. The molecule has 0 aromatic rings. The predicted octanol–water partition coefficient (Wildman–Crippen LogP) is 4.74. The van der Waals surface area contributed by atoms with Crippen molar-refractivity contribution in [1.29, 1.82) is 0 Å². The maximum Gasteiger partial charge on any atom is 0.409 e. The molecule has 4 aliphatic heterocycles. The second-order valence-electron chi connectivity index (χ2n) is 32.5. The highest BCUT2D eigenvalue weighted by Gasteiger charge is 2.71. The van der Waals surface area contributed by atoms with Crippen molar-refractivity contribution in [2.45, 2.75) is 223 Å². The van der Waals surface area contributed by atoms with Gasteiger partial charge in [0.2, 0.25) is 41.3 Å². The molecule has 2 unspecified atom stereocenters. The molecule has 93 heavy (non-hydrogen) atoms. The van der Waals surface area contributed by atoms with Crippen molar-refractivity contribution in [1.82, 2.24) is 40.9 Å². The summed E-state index contributed by atoms with van der Waals surface area (Å²) in [7, 11) is 0. The van der Waals surface area contributed by atoms with Crippen molar-refractivity contribution in [3.05, 3.63) is 0 Å². The van der Waals surface area contributed by atoms with Crippen LogP contribution in [0.3, 0.4) is 0 Å². The number of urea groups is 1. The largest absolute Gasteiger partial charge is 0.449 e. The van der Waals surface area contributed by atoms with Crippen LogP contribution in [-0.2, 0) is 52.6 Å². The molecule has 524 valence electrons. The molecule has 8 fully saturated rings. The van der Waals surface area contributed by atoms with E-state index in [-0.39, 0.29) is 88.7 Å². The molecule has 0 bridgehead atoms. The monoisotopic (exact) mass is 1330 g/mol. The molecule has 4 aliphatic carbocycles. The number of ether oxygens (including phenoxy) is 2. The topological polar surface area (TPSA) is 375 Å². The number of isocyanates is 1. The van der Waals surface area contributed by atoms with Crippen LogP contribution in [0, 0.1) is 68.0 Å². The van der Waals surface area contributed by atoms with Gasteiger partial charge in [-0.05, 0) is 93.7 Å². The normalized spacial score (nSPS) is 25.6. The number of Topliss-reactive ketones (excluding diaryl/α,β-unsaturated/α-hetero) is 2. The molecule has 0 aromatic heterocycles. The first-order chi connectivity index (χ1) is 42.4. The highest BCUT2D eigenvalue weighted by atomic mass is 35.5. The van der Waals surface area contributed by atoms with Gasteiger partial charge in [0, 0.05) is 39.3 Å². The minimum atomic E-state index is -1.10. The van der Waals surface area contributed by atoms with Gasteiger partial charge in [0.05, 0.1) is 43.4 Å². The summed E-state index contributed by atoms with van der Waals surface area (Å²) in [4.78, 5) is 161. The Morgan fingerprint density at radius 2 is 0.989 bits per heavy atom. The molecular formula is C66H109ClN12O14. The number of nitrogens with one attached hydrogen (secondary N) is 4. The van der Waals surface area contributed by atoms with Crippen molar-refractivity contribution in [2.75, 3.05) is 52.5 Å². The van der Waals surface area contributed by atoms with Gasteiger partial charge in [-0.1, -0.05) is 149 Å². The summed E-state index contributed by atoms with van der Waals surface area (Å²) in [6.07, 6.45) is 9.03. The molecule has 8 aliphatic rings. The Hall–Kier alpha value is -6.40. The van der Waals surface area contributed by atoms with Crippen molar-refractivity contribution < 1.29 is 67.0 Å². The van der Waals surface area contributed by atoms with Gasteiger partial charge in [-0.25, -0.2) is 24.2 Å². The number of rotatable bonds is 21. The lowest BCUT2D eigenvalue weighted by Gasteiger charge is -2.39. The first-order valence-electron chi connectivity index (χ1n) is 33.1. The van der Waals surface area contributed by atoms with Crippen molar-refractivity contribution >= 4 is 83.7 Å². The number of hydrogen-bond donors (Lipinski definition) is 7. The fourth-order valence-corrected chi connectivity index (χ4v) is 13.8. The van der Waals surface area contributed by atoms with Gasteiger partial charge in [-0.3, -0.25) is 38.4 Å². The van der Waals surface area contributed by atoms with Crippen LogP contribution in [0.1, 0.15) is 175 Å². The molecule has 27 heteroatoms. The number of carbonyl (C=O) groups excluding carboxylic acids is 12. The first kappa shape index (κ1) is 77.3. The van der Waals surface area contributed by atoms with Gasteiger partial charge in [0.1, 0.15) is 18.1 Å². The summed E-state index contributed by atoms with van der Waals surface area (Å²) in [6.45, 7) is 34.9. The number of likely N-dealkylation sites (tertiary alicyclic amines) is 2. The van der Waals surface area contributed by atoms with E-state index in [1.807, 2.05) is 83.1 Å². The molecule has 4 saturated heterocycles. The van der Waals surface area contributed by atoms with Crippen LogP contribution >= 0.6 is 12.4 Å².